The highest BCUT2D eigenvalue weighted by Gasteiger charge is 2.03. The Morgan fingerprint density at radius 1 is 1.07 bits per heavy atom. The van der Waals surface area contributed by atoms with Gasteiger partial charge in [0.25, 0.3) is 0 Å². The Balaban J connectivity index is 2.10. The van der Waals surface area contributed by atoms with Crippen LogP contribution < -0.4 is 5.32 Å². The Kier molecular flexibility index (Phi) is 3.51. The molecule has 1 fully saturated rings. The summed E-state index contributed by atoms with van der Waals surface area (Å²) in [6, 6.07) is 6.70. The molecule has 0 aromatic heterocycles. The summed E-state index contributed by atoms with van der Waals surface area (Å²) in [5, 5.41) is 3.37. The minimum Gasteiger partial charge on any atom is -0.316 e. The van der Waals surface area contributed by atoms with Gasteiger partial charge in [0.15, 0.2) is 0 Å². The summed E-state index contributed by atoms with van der Waals surface area (Å²) in [4.78, 5) is 0. The van der Waals surface area contributed by atoms with E-state index >= 15 is 0 Å². The van der Waals surface area contributed by atoms with Crippen LogP contribution in [-0.2, 0) is 0 Å². The number of benzene rings is 1. The van der Waals surface area contributed by atoms with E-state index < -0.39 is 0 Å². The lowest BCUT2D eigenvalue weighted by atomic mass is 10.0. The molecule has 1 nitrogen and oxygen atoms in total. The fourth-order valence-electron chi connectivity index (χ4n) is 1.88. The Hall–Kier alpha value is -1.15. The van der Waals surface area contributed by atoms with Crippen LogP contribution in [0.4, 0.5) is 4.39 Å². The van der Waals surface area contributed by atoms with Gasteiger partial charge in [-0.2, -0.15) is 0 Å². The molecule has 0 bridgehead atoms. The van der Waals surface area contributed by atoms with Crippen molar-refractivity contribution in [1.82, 2.24) is 5.32 Å². The third kappa shape index (κ3) is 3.17. The Bertz CT molecular complexity index is 330. The van der Waals surface area contributed by atoms with E-state index in [4.69, 9.17) is 0 Å². The normalized spacial score (nSPS) is 20.2. The third-order valence-corrected chi connectivity index (χ3v) is 2.72. The molecule has 80 valence electrons. The fraction of sp³-hybridized carbons (Fsp3) is 0.385. The molecule has 0 aliphatic carbocycles. The molecule has 0 atom stereocenters. The van der Waals surface area contributed by atoms with Gasteiger partial charge in [-0.05, 0) is 50.0 Å². The molecule has 0 radical (unpaired) electrons. The molecule has 2 heteroatoms. The molecule has 15 heavy (non-hydrogen) atoms. The molecule has 1 N–H and O–H groups in total. The zero-order valence-electron chi connectivity index (χ0n) is 8.80. The van der Waals surface area contributed by atoms with Crippen molar-refractivity contribution in [3.8, 4) is 0 Å². The van der Waals surface area contributed by atoms with Gasteiger partial charge in [-0.25, -0.2) is 4.39 Å². The van der Waals surface area contributed by atoms with Crippen LogP contribution in [-0.4, -0.2) is 13.1 Å². The summed E-state index contributed by atoms with van der Waals surface area (Å²) in [5.74, 6) is -0.167. The van der Waals surface area contributed by atoms with Crippen LogP contribution in [0, 0.1) is 5.82 Å². The van der Waals surface area contributed by atoms with Crippen LogP contribution in [0.1, 0.15) is 24.8 Å². The summed E-state index contributed by atoms with van der Waals surface area (Å²) >= 11 is 0. The van der Waals surface area contributed by atoms with Crippen LogP contribution in [0.2, 0.25) is 0 Å². The summed E-state index contributed by atoms with van der Waals surface area (Å²) in [7, 11) is 0. The highest BCUT2D eigenvalue weighted by Crippen LogP contribution is 2.16. The predicted octanol–water partition coefficient (Wildman–Crippen LogP) is 2.98. The van der Waals surface area contributed by atoms with Gasteiger partial charge in [0.1, 0.15) is 5.82 Å². The lowest BCUT2D eigenvalue weighted by Gasteiger charge is -2.02. The van der Waals surface area contributed by atoms with Crippen molar-refractivity contribution in [3.63, 3.8) is 0 Å². The van der Waals surface area contributed by atoms with Gasteiger partial charge in [0, 0.05) is 0 Å². The second-order valence-electron chi connectivity index (χ2n) is 3.96. The standard InChI is InChI=1S/C13H16FN/c14-13-5-3-12(4-6-13)10-11-2-1-8-15-9-7-11/h3-6,10,15H,1-2,7-9H2/b11-10-. The van der Waals surface area contributed by atoms with Crippen molar-refractivity contribution < 1.29 is 4.39 Å². The average molecular weight is 205 g/mol. The molecule has 0 spiro atoms. The number of hydrogen-bond donors (Lipinski definition) is 1. The maximum absolute atomic E-state index is 12.7. The zero-order valence-corrected chi connectivity index (χ0v) is 8.80. The molecule has 0 amide bonds. The Morgan fingerprint density at radius 2 is 1.87 bits per heavy atom. The summed E-state index contributed by atoms with van der Waals surface area (Å²) in [6.45, 7) is 2.17. The molecular formula is C13H16FN. The van der Waals surface area contributed by atoms with Gasteiger partial charge in [-0.3, -0.25) is 0 Å². The molecule has 1 aliphatic heterocycles. The molecule has 1 heterocycles. The number of nitrogens with one attached hydrogen (secondary N) is 1. The van der Waals surface area contributed by atoms with Crippen LogP contribution in [0.15, 0.2) is 29.8 Å². The summed E-state index contributed by atoms with van der Waals surface area (Å²) in [6.07, 6.45) is 5.65. The Labute approximate surface area is 90.0 Å². The van der Waals surface area contributed by atoms with Crippen LogP contribution in [0.5, 0.6) is 0 Å². The van der Waals surface area contributed by atoms with Crippen molar-refractivity contribution in [2.24, 2.45) is 0 Å². The van der Waals surface area contributed by atoms with Gasteiger partial charge in [0.05, 0.1) is 0 Å². The first-order chi connectivity index (χ1) is 7.34. The third-order valence-electron chi connectivity index (χ3n) is 2.72. The van der Waals surface area contributed by atoms with E-state index in [2.05, 4.69) is 11.4 Å². The number of rotatable bonds is 1. The molecular weight excluding hydrogens is 189 g/mol. The predicted molar refractivity (Wildman–Crippen MR) is 61.1 cm³/mol. The van der Waals surface area contributed by atoms with Crippen molar-refractivity contribution >= 4 is 6.08 Å². The van der Waals surface area contributed by atoms with Gasteiger partial charge in [-0.15, -0.1) is 0 Å². The smallest absolute Gasteiger partial charge is 0.123 e. The van der Waals surface area contributed by atoms with Gasteiger partial charge in [-0.1, -0.05) is 23.8 Å². The summed E-state index contributed by atoms with van der Waals surface area (Å²) < 4.78 is 12.7. The van der Waals surface area contributed by atoms with Crippen molar-refractivity contribution in [3.05, 3.63) is 41.2 Å². The van der Waals surface area contributed by atoms with E-state index in [1.807, 2.05) is 12.1 Å². The van der Waals surface area contributed by atoms with E-state index in [9.17, 15) is 4.39 Å². The molecule has 2 rings (SSSR count). The molecule has 0 unspecified atom stereocenters. The van der Waals surface area contributed by atoms with Crippen LogP contribution in [0.3, 0.4) is 0 Å². The second-order valence-corrected chi connectivity index (χ2v) is 3.96. The highest BCUT2D eigenvalue weighted by molar-refractivity contribution is 5.52. The maximum Gasteiger partial charge on any atom is 0.123 e. The second kappa shape index (κ2) is 5.08. The minimum atomic E-state index is -0.167. The molecule has 1 aromatic carbocycles. The number of halogens is 1. The lowest BCUT2D eigenvalue weighted by molar-refractivity contribution is 0.627. The van der Waals surface area contributed by atoms with Gasteiger partial charge < -0.3 is 5.32 Å². The fourth-order valence-corrected chi connectivity index (χ4v) is 1.88. The van der Waals surface area contributed by atoms with Crippen molar-refractivity contribution in [2.75, 3.05) is 13.1 Å². The maximum atomic E-state index is 12.7. The van der Waals surface area contributed by atoms with Crippen molar-refractivity contribution in [2.45, 2.75) is 19.3 Å². The van der Waals surface area contributed by atoms with Crippen LogP contribution >= 0.6 is 0 Å². The van der Waals surface area contributed by atoms with Gasteiger partial charge >= 0.3 is 0 Å². The molecule has 1 aliphatic rings. The van der Waals surface area contributed by atoms with Crippen LogP contribution in [0.25, 0.3) is 6.08 Å². The van der Waals surface area contributed by atoms with Gasteiger partial charge in [0.2, 0.25) is 0 Å². The monoisotopic (exact) mass is 205 g/mol. The first-order valence-corrected chi connectivity index (χ1v) is 5.50. The van der Waals surface area contributed by atoms with E-state index in [-0.39, 0.29) is 5.82 Å². The zero-order chi connectivity index (χ0) is 10.5. The largest absolute Gasteiger partial charge is 0.316 e. The summed E-state index contributed by atoms with van der Waals surface area (Å²) in [5.41, 5.74) is 2.57. The number of hydrogen-bond acceptors (Lipinski definition) is 1. The molecule has 1 aromatic rings. The first kappa shape index (κ1) is 10.4. The van der Waals surface area contributed by atoms with E-state index in [1.165, 1.54) is 24.1 Å². The van der Waals surface area contributed by atoms with E-state index in [1.54, 1.807) is 0 Å². The SMILES string of the molecule is Fc1ccc(/C=C2/CCCNCC2)cc1. The quantitative estimate of drug-likeness (QED) is 0.743. The minimum absolute atomic E-state index is 0.167. The lowest BCUT2D eigenvalue weighted by Crippen LogP contribution is -2.13. The first-order valence-electron chi connectivity index (χ1n) is 5.50. The van der Waals surface area contributed by atoms with E-state index in [0.29, 0.717) is 0 Å². The highest BCUT2D eigenvalue weighted by atomic mass is 19.1. The van der Waals surface area contributed by atoms with Crippen molar-refractivity contribution in [1.29, 1.82) is 0 Å². The molecule has 0 saturated carbocycles. The topological polar surface area (TPSA) is 12.0 Å². The average Bonchev–Trinajstić information content (AvgIpc) is 2.50. The van der Waals surface area contributed by atoms with E-state index in [0.717, 1.165) is 31.5 Å². The molecule has 1 saturated heterocycles. The Morgan fingerprint density at radius 3 is 2.67 bits per heavy atom.